The van der Waals surface area contributed by atoms with Gasteiger partial charge >= 0.3 is 12.4 Å². The Morgan fingerprint density at radius 2 is 1.85 bits per heavy atom. The molecule has 5 rings (SSSR count). The molecule has 1 saturated heterocycles. The fourth-order valence-electron chi connectivity index (χ4n) is 5.44. The zero-order chi connectivity index (χ0) is 28.3. The van der Waals surface area contributed by atoms with E-state index < -0.39 is 17.8 Å². The van der Waals surface area contributed by atoms with E-state index in [-0.39, 0.29) is 18.8 Å². The lowest BCUT2D eigenvalue weighted by molar-refractivity contribution is -0.275. The maximum absolute atomic E-state index is 13.4. The molecular formula is C29H27Cl2F3N4O2. The summed E-state index contributed by atoms with van der Waals surface area (Å²) in [6.45, 7) is 2.49. The molecule has 0 atom stereocenters. The van der Waals surface area contributed by atoms with Gasteiger partial charge in [0.15, 0.2) is 0 Å². The summed E-state index contributed by atoms with van der Waals surface area (Å²) in [6, 6.07) is 15.0. The second-order valence-electron chi connectivity index (χ2n) is 9.96. The van der Waals surface area contributed by atoms with Gasteiger partial charge in [-0.2, -0.15) is 0 Å². The van der Waals surface area contributed by atoms with Crippen LogP contribution >= 0.6 is 23.2 Å². The second kappa shape index (κ2) is 11.7. The smallest absolute Gasteiger partial charge is 0.405 e. The molecule has 0 radical (unpaired) electrons. The molecule has 3 aromatic rings. The molecule has 1 spiro atoms. The molecule has 6 nitrogen and oxygen atoms in total. The molecular weight excluding hydrogens is 564 g/mol. The number of pyridine rings is 1. The van der Waals surface area contributed by atoms with Crippen molar-refractivity contribution in [2.24, 2.45) is 0 Å². The predicted octanol–water partition coefficient (Wildman–Crippen LogP) is 7.06. The van der Waals surface area contributed by atoms with E-state index in [2.05, 4.69) is 26.0 Å². The number of ether oxygens (including phenoxy) is 1. The van der Waals surface area contributed by atoms with Crippen molar-refractivity contribution in [2.45, 2.75) is 31.2 Å². The van der Waals surface area contributed by atoms with Crippen molar-refractivity contribution < 1.29 is 22.7 Å². The molecule has 2 amide bonds. The summed E-state index contributed by atoms with van der Waals surface area (Å²) in [7, 11) is 0. The number of aromatic nitrogens is 1. The van der Waals surface area contributed by atoms with E-state index in [9.17, 15) is 18.0 Å². The van der Waals surface area contributed by atoms with Crippen LogP contribution in [0, 0.1) is 0 Å². The van der Waals surface area contributed by atoms with Gasteiger partial charge in [-0.15, -0.1) is 13.2 Å². The number of amides is 2. The molecule has 0 saturated carbocycles. The molecule has 1 N–H and O–H groups in total. The number of carbonyl (C=O) groups excluding carboxylic acids is 1. The Morgan fingerprint density at radius 1 is 1.10 bits per heavy atom. The Morgan fingerprint density at radius 3 is 2.55 bits per heavy atom. The minimum atomic E-state index is -4.85. The van der Waals surface area contributed by atoms with Crippen molar-refractivity contribution in [3.8, 4) is 5.75 Å². The number of benzene rings is 2. The molecule has 0 aliphatic carbocycles. The van der Waals surface area contributed by atoms with Crippen molar-refractivity contribution in [3.63, 3.8) is 0 Å². The number of nitrogens with zero attached hydrogens (tertiary/aromatic N) is 3. The average molecular weight is 591 g/mol. The molecule has 2 aromatic carbocycles. The van der Waals surface area contributed by atoms with Crippen LogP contribution in [0.4, 0.5) is 23.7 Å². The Hall–Kier alpha value is -3.27. The number of carbonyl (C=O) groups is 1. The highest BCUT2D eigenvalue weighted by atomic mass is 35.5. The fraction of sp³-hybridized carbons (Fsp3) is 0.310. The maximum Gasteiger partial charge on any atom is 0.573 e. The van der Waals surface area contributed by atoms with Crippen LogP contribution in [0.1, 0.15) is 29.5 Å². The number of urea groups is 1. The summed E-state index contributed by atoms with van der Waals surface area (Å²) in [6.07, 6.45) is 1.94. The van der Waals surface area contributed by atoms with E-state index >= 15 is 0 Å². The zero-order valence-corrected chi connectivity index (χ0v) is 22.9. The van der Waals surface area contributed by atoms with Gasteiger partial charge < -0.3 is 10.1 Å². The standard InChI is InChI=1S/C29H27Cl2F3N4O2/c30-22-8-6-20(7-9-22)3-2-14-37-15-11-28(12-16-37)19-38(27(39)36-18-21-10-13-35-25(31)17-21)23-4-1-5-24(26(23)28)40-29(32,33)34/h1-10,13,17H,11-12,14-16,18-19H2,(H,36,39)/b3-2+. The topological polar surface area (TPSA) is 57.7 Å². The monoisotopic (exact) mass is 590 g/mol. The van der Waals surface area contributed by atoms with Gasteiger partial charge in [0.05, 0.1) is 5.69 Å². The van der Waals surface area contributed by atoms with E-state index in [4.69, 9.17) is 23.2 Å². The van der Waals surface area contributed by atoms with Crippen molar-refractivity contribution in [3.05, 3.63) is 93.7 Å². The molecule has 1 fully saturated rings. The SMILES string of the molecule is O=C(NCc1ccnc(Cl)c1)N1CC2(CCN(C/C=C/c3ccc(Cl)cc3)CC2)c2c(OC(F)(F)F)cccc21. The Kier molecular flexibility index (Phi) is 8.26. The van der Waals surface area contributed by atoms with Crippen molar-refractivity contribution >= 4 is 41.0 Å². The number of anilines is 1. The van der Waals surface area contributed by atoms with Crippen LogP contribution in [0.2, 0.25) is 10.2 Å². The number of hydrogen-bond acceptors (Lipinski definition) is 4. The van der Waals surface area contributed by atoms with Crippen LogP contribution < -0.4 is 15.0 Å². The van der Waals surface area contributed by atoms with Gasteiger partial charge in [-0.1, -0.05) is 53.6 Å². The fourth-order valence-corrected chi connectivity index (χ4v) is 5.77. The van der Waals surface area contributed by atoms with Gasteiger partial charge in [0, 0.05) is 41.8 Å². The molecule has 210 valence electrons. The number of nitrogens with one attached hydrogen (secondary N) is 1. The largest absolute Gasteiger partial charge is 0.573 e. The first-order valence-corrected chi connectivity index (χ1v) is 13.6. The quantitative estimate of drug-likeness (QED) is 0.312. The normalized spacial score (nSPS) is 16.9. The van der Waals surface area contributed by atoms with Gasteiger partial charge in [-0.05, 0) is 73.5 Å². The summed E-state index contributed by atoms with van der Waals surface area (Å²) in [4.78, 5) is 21.0. The number of rotatable bonds is 6. The number of halogens is 5. The third-order valence-electron chi connectivity index (χ3n) is 7.35. The molecule has 2 aliphatic heterocycles. The predicted molar refractivity (Wildman–Crippen MR) is 150 cm³/mol. The van der Waals surface area contributed by atoms with Gasteiger partial charge in [-0.25, -0.2) is 9.78 Å². The third-order valence-corrected chi connectivity index (χ3v) is 7.81. The minimum absolute atomic E-state index is 0.201. The van der Waals surface area contributed by atoms with E-state index in [0.717, 1.165) is 11.1 Å². The highest BCUT2D eigenvalue weighted by Gasteiger charge is 2.49. The minimum Gasteiger partial charge on any atom is -0.405 e. The third kappa shape index (κ3) is 6.54. The number of piperidine rings is 1. The van der Waals surface area contributed by atoms with Gasteiger partial charge in [0.1, 0.15) is 10.9 Å². The Bertz CT molecular complexity index is 1390. The maximum atomic E-state index is 13.4. The summed E-state index contributed by atoms with van der Waals surface area (Å²) in [5.41, 5.74) is 2.00. The first kappa shape index (κ1) is 28.3. The van der Waals surface area contributed by atoms with Crippen LogP contribution in [-0.2, 0) is 12.0 Å². The van der Waals surface area contributed by atoms with Crippen LogP contribution in [0.5, 0.6) is 5.75 Å². The van der Waals surface area contributed by atoms with Crippen molar-refractivity contribution in [1.29, 1.82) is 0 Å². The Labute approximate surface area is 240 Å². The number of likely N-dealkylation sites (tertiary alicyclic amines) is 1. The first-order chi connectivity index (χ1) is 19.1. The van der Waals surface area contributed by atoms with Gasteiger partial charge in [-0.3, -0.25) is 9.80 Å². The van der Waals surface area contributed by atoms with Crippen molar-refractivity contribution in [2.75, 3.05) is 31.1 Å². The van der Waals surface area contributed by atoms with Crippen LogP contribution in [0.15, 0.2) is 66.9 Å². The highest BCUT2D eigenvalue weighted by molar-refractivity contribution is 6.30. The van der Waals surface area contributed by atoms with E-state index in [0.29, 0.717) is 53.9 Å². The average Bonchev–Trinajstić information content (AvgIpc) is 3.24. The van der Waals surface area contributed by atoms with Crippen LogP contribution in [0.3, 0.4) is 0 Å². The van der Waals surface area contributed by atoms with E-state index in [1.807, 2.05) is 30.3 Å². The molecule has 2 aliphatic rings. The lowest BCUT2D eigenvalue weighted by atomic mass is 9.74. The van der Waals surface area contributed by atoms with Crippen LogP contribution in [-0.4, -0.2) is 48.5 Å². The molecule has 40 heavy (non-hydrogen) atoms. The highest BCUT2D eigenvalue weighted by Crippen LogP contribution is 2.52. The number of fused-ring (bicyclic) bond motifs is 2. The lowest BCUT2D eigenvalue weighted by Crippen LogP contribution is -2.47. The molecule has 0 bridgehead atoms. The summed E-state index contributed by atoms with van der Waals surface area (Å²) < 4.78 is 44.6. The number of alkyl halides is 3. The number of hydrogen-bond donors (Lipinski definition) is 1. The van der Waals surface area contributed by atoms with E-state index in [1.165, 1.54) is 17.0 Å². The summed E-state index contributed by atoms with van der Waals surface area (Å²) in [5, 5.41) is 3.85. The molecule has 3 heterocycles. The molecule has 1 aromatic heterocycles. The zero-order valence-electron chi connectivity index (χ0n) is 21.4. The van der Waals surface area contributed by atoms with Gasteiger partial charge in [0.2, 0.25) is 0 Å². The van der Waals surface area contributed by atoms with E-state index in [1.54, 1.807) is 24.4 Å². The molecule has 11 heteroatoms. The second-order valence-corrected chi connectivity index (χ2v) is 10.8. The van der Waals surface area contributed by atoms with Crippen molar-refractivity contribution in [1.82, 2.24) is 15.2 Å². The molecule has 0 unspecified atom stereocenters. The Balaban J connectivity index is 1.33. The van der Waals surface area contributed by atoms with Gasteiger partial charge in [0.25, 0.3) is 0 Å². The lowest BCUT2D eigenvalue weighted by Gasteiger charge is -2.40. The summed E-state index contributed by atoms with van der Waals surface area (Å²) in [5.74, 6) is -0.253. The first-order valence-electron chi connectivity index (χ1n) is 12.8. The summed E-state index contributed by atoms with van der Waals surface area (Å²) >= 11 is 11.9. The van der Waals surface area contributed by atoms with Crippen LogP contribution in [0.25, 0.3) is 6.08 Å².